The third kappa shape index (κ3) is 2.44. The van der Waals surface area contributed by atoms with E-state index in [4.69, 9.17) is 5.73 Å². The van der Waals surface area contributed by atoms with Gasteiger partial charge in [-0.3, -0.25) is 9.59 Å². The summed E-state index contributed by atoms with van der Waals surface area (Å²) in [6.07, 6.45) is 1.02. The van der Waals surface area contributed by atoms with E-state index in [0.29, 0.717) is 18.0 Å². The van der Waals surface area contributed by atoms with Crippen molar-refractivity contribution in [3.63, 3.8) is 0 Å². The summed E-state index contributed by atoms with van der Waals surface area (Å²) in [6.45, 7) is 4.72. The van der Waals surface area contributed by atoms with Crippen LogP contribution in [0.15, 0.2) is 29.6 Å². The van der Waals surface area contributed by atoms with Gasteiger partial charge in [-0.2, -0.15) is 0 Å². The van der Waals surface area contributed by atoms with Gasteiger partial charge in [0.25, 0.3) is 5.91 Å². The van der Waals surface area contributed by atoms with Crippen molar-refractivity contribution in [2.24, 2.45) is 17.6 Å². The standard InChI is InChI=1S/C19H20N2O2S/c1-10-3-4-13(15(5-10)16-6-11(2)9-24-16)19(23)21-8-12-7-14(12)17(21)18(20)22/h3-6,9,12,14,17H,7-8H2,1-2H3,(H2,20,22)/t12-,14-,17+/m1/s1. The molecule has 4 rings (SSSR count). The van der Waals surface area contributed by atoms with E-state index in [0.717, 1.165) is 22.4 Å². The predicted molar refractivity (Wildman–Crippen MR) is 94.8 cm³/mol. The zero-order chi connectivity index (χ0) is 17.0. The molecule has 2 heterocycles. The molecular formula is C19H20N2O2S. The Balaban J connectivity index is 1.74. The number of nitrogens with zero attached hydrogens (tertiary/aromatic N) is 1. The van der Waals surface area contributed by atoms with Gasteiger partial charge in [0.15, 0.2) is 0 Å². The maximum absolute atomic E-state index is 13.2. The summed E-state index contributed by atoms with van der Waals surface area (Å²) < 4.78 is 0. The first-order valence-electron chi connectivity index (χ1n) is 8.22. The molecule has 3 atom stereocenters. The van der Waals surface area contributed by atoms with E-state index in [1.807, 2.05) is 19.1 Å². The van der Waals surface area contributed by atoms with Crippen molar-refractivity contribution in [1.29, 1.82) is 0 Å². The number of aryl methyl sites for hydroxylation is 2. The zero-order valence-electron chi connectivity index (χ0n) is 13.8. The molecular weight excluding hydrogens is 320 g/mol. The largest absolute Gasteiger partial charge is 0.368 e. The number of carbonyl (C=O) groups excluding carboxylic acids is 2. The van der Waals surface area contributed by atoms with Crippen molar-refractivity contribution in [2.75, 3.05) is 6.54 Å². The van der Waals surface area contributed by atoms with E-state index in [9.17, 15) is 9.59 Å². The number of hydrogen-bond acceptors (Lipinski definition) is 3. The molecule has 1 aliphatic heterocycles. The normalized spacial score (nSPS) is 24.8. The summed E-state index contributed by atoms with van der Waals surface area (Å²) in [6, 6.07) is 7.54. The summed E-state index contributed by atoms with van der Waals surface area (Å²) in [5.41, 5.74) is 9.48. The van der Waals surface area contributed by atoms with Gasteiger partial charge in [-0.15, -0.1) is 11.3 Å². The fourth-order valence-electron chi connectivity index (χ4n) is 3.81. The number of rotatable bonds is 3. The van der Waals surface area contributed by atoms with Crippen LogP contribution in [0.4, 0.5) is 0 Å². The highest BCUT2D eigenvalue weighted by Crippen LogP contribution is 2.50. The summed E-state index contributed by atoms with van der Waals surface area (Å²) in [5.74, 6) is 0.259. The molecule has 1 saturated heterocycles. The molecule has 1 aromatic carbocycles. The van der Waals surface area contributed by atoms with Gasteiger partial charge in [0.2, 0.25) is 5.91 Å². The molecule has 0 bridgehead atoms. The molecule has 0 unspecified atom stereocenters. The van der Waals surface area contributed by atoms with Crippen LogP contribution in [0.1, 0.15) is 27.9 Å². The average molecular weight is 340 g/mol. The number of fused-ring (bicyclic) bond motifs is 1. The van der Waals surface area contributed by atoms with Crippen molar-refractivity contribution >= 4 is 23.2 Å². The second-order valence-corrected chi connectivity index (χ2v) is 7.91. The Labute approximate surface area is 145 Å². The summed E-state index contributed by atoms with van der Waals surface area (Å²) in [5, 5.41) is 2.09. The van der Waals surface area contributed by atoms with Crippen molar-refractivity contribution in [3.05, 3.63) is 46.3 Å². The third-order valence-corrected chi connectivity index (χ3v) is 6.19. The van der Waals surface area contributed by atoms with Gasteiger partial charge >= 0.3 is 0 Å². The summed E-state index contributed by atoms with van der Waals surface area (Å²) in [7, 11) is 0. The Bertz CT molecular complexity index is 842. The van der Waals surface area contributed by atoms with Gasteiger partial charge in [-0.05, 0) is 61.2 Å². The first-order valence-corrected chi connectivity index (χ1v) is 9.10. The van der Waals surface area contributed by atoms with Gasteiger partial charge in [0.05, 0.1) is 0 Å². The fourth-order valence-corrected chi connectivity index (χ4v) is 4.75. The third-order valence-electron chi connectivity index (χ3n) is 5.10. The molecule has 0 radical (unpaired) electrons. The van der Waals surface area contributed by atoms with E-state index >= 15 is 0 Å². The van der Waals surface area contributed by atoms with Crippen LogP contribution in [-0.2, 0) is 4.79 Å². The molecule has 5 heteroatoms. The number of nitrogens with two attached hydrogens (primary N) is 1. The Morgan fingerprint density at radius 1 is 1.21 bits per heavy atom. The number of hydrogen-bond donors (Lipinski definition) is 1. The highest BCUT2D eigenvalue weighted by molar-refractivity contribution is 7.13. The summed E-state index contributed by atoms with van der Waals surface area (Å²) >= 11 is 1.64. The second kappa shape index (κ2) is 5.45. The highest BCUT2D eigenvalue weighted by atomic mass is 32.1. The monoisotopic (exact) mass is 340 g/mol. The molecule has 1 saturated carbocycles. The molecule has 124 valence electrons. The lowest BCUT2D eigenvalue weighted by atomic mass is 10.0. The van der Waals surface area contributed by atoms with Crippen molar-refractivity contribution in [3.8, 4) is 10.4 Å². The Kier molecular flexibility index (Phi) is 3.49. The summed E-state index contributed by atoms with van der Waals surface area (Å²) in [4.78, 5) is 27.8. The van der Waals surface area contributed by atoms with Crippen LogP contribution in [0.5, 0.6) is 0 Å². The minimum Gasteiger partial charge on any atom is -0.368 e. The second-order valence-electron chi connectivity index (χ2n) is 7.00. The van der Waals surface area contributed by atoms with Gasteiger partial charge < -0.3 is 10.6 Å². The van der Waals surface area contributed by atoms with E-state index < -0.39 is 6.04 Å². The van der Waals surface area contributed by atoms with Crippen molar-refractivity contribution in [1.82, 2.24) is 4.90 Å². The number of benzene rings is 1. The zero-order valence-corrected chi connectivity index (χ0v) is 14.6. The Morgan fingerprint density at radius 2 is 2.00 bits per heavy atom. The molecule has 2 N–H and O–H groups in total. The van der Waals surface area contributed by atoms with Gasteiger partial charge in [0, 0.05) is 22.5 Å². The van der Waals surface area contributed by atoms with Crippen molar-refractivity contribution < 1.29 is 9.59 Å². The van der Waals surface area contributed by atoms with Gasteiger partial charge in [-0.25, -0.2) is 0 Å². The maximum Gasteiger partial charge on any atom is 0.255 e. The molecule has 24 heavy (non-hydrogen) atoms. The molecule has 1 aromatic heterocycles. The average Bonchev–Trinajstić information content (AvgIpc) is 2.99. The predicted octanol–water partition coefficient (Wildman–Crippen LogP) is 2.98. The van der Waals surface area contributed by atoms with E-state index in [1.165, 1.54) is 5.56 Å². The molecule has 2 fully saturated rings. The van der Waals surface area contributed by atoms with Crippen LogP contribution in [-0.4, -0.2) is 29.3 Å². The molecule has 4 nitrogen and oxygen atoms in total. The van der Waals surface area contributed by atoms with Crippen molar-refractivity contribution in [2.45, 2.75) is 26.3 Å². The first kappa shape index (κ1) is 15.4. The van der Waals surface area contributed by atoms with Crippen LogP contribution in [0.25, 0.3) is 10.4 Å². The maximum atomic E-state index is 13.2. The van der Waals surface area contributed by atoms with Crippen LogP contribution in [0.3, 0.4) is 0 Å². The SMILES string of the molecule is Cc1csc(-c2cc(C)ccc2C(=O)N2C[C@H]3C[C@H]3[C@H]2C(N)=O)c1. The van der Waals surface area contributed by atoms with E-state index in [-0.39, 0.29) is 17.7 Å². The Morgan fingerprint density at radius 3 is 2.67 bits per heavy atom. The highest BCUT2D eigenvalue weighted by Gasteiger charge is 2.56. The quantitative estimate of drug-likeness (QED) is 0.933. The minimum absolute atomic E-state index is 0.0768. The number of primary amides is 1. The number of amides is 2. The van der Waals surface area contributed by atoms with Crippen LogP contribution in [0.2, 0.25) is 0 Å². The minimum atomic E-state index is -0.443. The fraction of sp³-hybridized carbons (Fsp3) is 0.368. The smallest absolute Gasteiger partial charge is 0.255 e. The number of likely N-dealkylation sites (tertiary alicyclic amines) is 1. The van der Waals surface area contributed by atoms with Crippen LogP contribution >= 0.6 is 11.3 Å². The molecule has 0 spiro atoms. The van der Waals surface area contributed by atoms with Gasteiger partial charge in [-0.1, -0.05) is 11.6 Å². The number of thiophene rings is 1. The number of carbonyl (C=O) groups is 2. The molecule has 2 aromatic rings. The molecule has 1 aliphatic carbocycles. The van der Waals surface area contributed by atoms with E-state index in [2.05, 4.69) is 24.4 Å². The van der Waals surface area contributed by atoms with Gasteiger partial charge in [0.1, 0.15) is 6.04 Å². The number of piperidine rings is 1. The van der Waals surface area contributed by atoms with Crippen LogP contribution in [0, 0.1) is 25.7 Å². The molecule has 2 amide bonds. The first-order chi connectivity index (χ1) is 11.5. The lowest BCUT2D eigenvalue weighted by Gasteiger charge is -2.26. The lowest BCUT2D eigenvalue weighted by Crippen LogP contribution is -2.46. The molecule has 2 aliphatic rings. The Hall–Kier alpha value is -2.14. The van der Waals surface area contributed by atoms with Crippen LogP contribution < -0.4 is 5.73 Å². The topological polar surface area (TPSA) is 63.4 Å². The lowest BCUT2D eigenvalue weighted by molar-refractivity contribution is -0.122. The van der Waals surface area contributed by atoms with E-state index in [1.54, 1.807) is 16.2 Å².